The Hall–Kier alpha value is -3.04. The molecule has 6 heteroatoms. The van der Waals surface area contributed by atoms with E-state index >= 15 is 0 Å². The van der Waals surface area contributed by atoms with Gasteiger partial charge in [-0.3, -0.25) is 0 Å². The van der Waals surface area contributed by atoms with Crippen molar-refractivity contribution in [1.82, 2.24) is 3.97 Å². The molecule has 114 valence electrons. The van der Waals surface area contributed by atoms with E-state index in [-0.39, 0.29) is 10.6 Å². The minimum absolute atomic E-state index is 0.122. The van der Waals surface area contributed by atoms with E-state index < -0.39 is 10.0 Å². The fourth-order valence-electron chi connectivity index (χ4n) is 2.51. The van der Waals surface area contributed by atoms with Gasteiger partial charge in [-0.05, 0) is 18.2 Å². The highest BCUT2D eigenvalue weighted by Gasteiger charge is 2.25. The van der Waals surface area contributed by atoms with Gasteiger partial charge in [0.1, 0.15) is 0 Å². The molecule has 0 fully saturated rings. The van der Waals surface area contributed by atoms with Crippen molar-refractivity contribution in [3.63, 3.8) is 0 Å². The minimum Gasteiger partial charge on any atom is -0.411 e. The fourth-order valence-corrected chi connectivity index (χ4v) is 4.04. The van der Waals surface area contributed by atoms with Gasteiger partial charge in [-0.1, -0.05) is 47.5 Å². The lowest BCUT2D eigenvalue weighted by molar-refractivity contribution is 0.321. The van der Waals surface area contributed by atoms with Crippen molar-refractivity contribution >= 4 is 27.1 Å². The molecule has 5 nitrogen and oxygen atoms in total. The molecule has 0 atom stereocenters. The first kappa shape index (κ1) is 14.9. The number of benzene rings is 2. The Bertz CT molecular complexity index is 1040. The zero-order chi connectivity index (χ0) is 16.4. The van der Waals surface area contributed by atoms with Crippen molar-refractivity contribution in [2.75, 3.05) is 0 Å². The van der Waals surface area contributed by atoms with Crippen LogP contribution in [0.25, 0.3) is 10.9 Å². The van der Waals surface area contributed by atoms with E-state index in [1.807, 2.05) is 0 Å². The summed E-state index contributed by atoms with van der Waals surface area (Å²) in [6.45, 7) is 0. The highest BCUT2D eigenvalue weighted by Crippen LogP contribution is 2.29. The zero-order valence-electron chi connectivity index (χ0n) is 11.9. The van der Waals surface area contributed by atoms with Gasteiger partial charge in [0.15, 0.2) is 0 Å². The first-order valence-corrected chi connectivity index (χ1v) is 8.13. The van der Waals surface area contributed by atoms with Crippen molar-refractivity contribution in [2.45, 2.75) is 4.90 Å². The molecule has 3 aromatic rings. The molecule has 0 unspecified atom stereocenters. The highest BCUT2D eigenvalue weighted by atomic mass is 32.2. The van der Waals surface area contributed by atoms with E-state index in [1.165, 1.54) is 12.1 Å². The first-order valence-electron chi connectivity index (χ1n) is 6.69. The molecular weight excluding hydrogens is 312 g/mol. The standard InChI is InChI=1S/C17H12N2O3S/c1-2-14-15-10-6-7-11-16(15)19(17(14)12-18-20)23(21,22)13-8-4-3-5-9-13/h1,3-12,20H/b18-12-. The van der Waals surface area contributed by atoms with Gasteiger partial charge >= 0.3 is 0 Å². The van der Waals surface area contributed by atoms with Crippen molar-refractivity contribution in [3.05, 3.63) is 65.9 Å². The maximum atomic E-state index is 13.0. The molecule has 0 saturated carbocycles. The zero-order valence-corrected chi connectivity index (χ0v) is 12.7. The predicted octanol–water partition coefficient (Wildman–Crippen LogP) is 2.67. The Morgan fingerprint density at radius 1 is 1.09 bits per heavy atom. The van der Waals surface area contributed by atoms with Crippen LogP contribution >= 0.6 is 0 Å². The van der Waals surface area contributed by atoms with Gasteiger partial charge in [0.2, 0.25) is 0 Å². The van der Waals surface area contributed by atoms with E-state index in [4.69, 9.17) is 11.6 Å². The molecule has 1 N–H and O–H groups in total. The van der Waals surface area contributed by atoms with Crippen molar-refractivity contribution < 1.29 is 13.6 Å². The third-order valence-electron chi connectivity index (χ3n) is 3.47. The summed E-state index contributed by atoms with van der Waals surface area (Å²) in [6.07, 6.45) is 6.58. The van der Waals surface area contributed by atoms with Gasteiger partial charge in [-0.2, -0.15) is 0 Å². The van der Waals surface area contributed by atoms with E-state index in [0.29, 0.717) is 16.5 Å². The Labute approximate surface area is 133 Å². The molecule has 3 rings (SSSR count). The summed E-state index contributed by atoms with van der Waals surface area (Å²) < 4.78 is 27.2. The maximum absolute atomic E-state index is 13.0. The average molecular weight is 324 g/mol. The minimum atomic E-state index is -3.89. The lowest BCUT2D eigenvalue weighted by Crippen LogP contribution is -2.16. The van der Waals surface area contributed by atoms with Gasteiger partial charge in [0.05, 0.1) is 27.9 Å². The summed E-state index contributed by atoms with van der Waals surface area (Å²) in [7, 11) is -3.89. The van der Waals surface area contributed by atoms with Gasteiger partial charge < -0.3 is 5.21 Å². The number of oxime groups is 1. The topological polar surface area (TPSA) is 71.7 Å². The van der Waals surface area contributed by atoms with Crippen LogP contribution in [-0.2, 0) is 10.0 Å². The number of hydrogen-bond acceptors (Lipinski definition) is 4. The Kier molecular flexibility index (Phi) is 3.64. The second-order valence-electron chi connectivity index (χ2n) is 4.75. The van der Waals surface area contributed by atoms with Gasteiger partial charge in [0, 0.05) is 5.39 Å². The van der Waals surface area contributed by atoms with E-state index in [9.17, 15) is 8.42 Å². The number of rotatable bonds is 3. The number of terminal acetylenes is 1. The molecule has 0 aliphatic heterocycles. The second kappa shape index (κ2) is 5.63. The molecule has 23 heavy (non-hydrogen) atoms. The van der Waals surface area contributed by atoms with Crippen molar-refractivity contribution in [3.8, 4) is 12.3 Å². The van der Waals surface area contributed by atoms with Gasteiger partial charge in [-0.25, -0.2) is 12.4 Å². The van der Waals surface area contributed by atoms with E-state index in [2.05, 4.69) is 11.1 Å². The summed E-state index contributed by atoms with van der Waals surface area (Å²) in [5.74, 6) is 2.48. The normalized spacial score (nSPS) is 11.8. The lowest BCUT2D eigenvalue weighted by atomic mass is 10.1. The van der Waals surface area contributed by atoms with Crippen LogP contribution in [0.15, 0.2) is 64.6 Å². The van der Waals surface area contributed by atoms with E-state index in [0.717, 1.165) is 10.2 Å². The fraction of sp³-hybridized carbons (Fsp3) is 0. The number of fused-ring (bicyclic) bond motifs is 1. The third kappa shape index (κ3) is 2.28. The highest BCUT2D eigenvalue weighted by molar-refractivity contribution is 7.90. The summed E-state index contributed by atoms with van der Waals surface area (Å²) in [6, 6.07) is 14.9. The number of nitrogens with zero attached hydrogens (tertiary/aromatic N) is 2. The van der Waals surface area contributed by atoms with Crippen LogP contribution in [0.1, 0.15) is 11.3 Å². The summed E-state index contributed by atoms with van der Waals surface area (Å²) in [5, 5.41) is 12.5. The van der Waals surface area contributed by atoms with Crippen LogP contribution in [0.4, 0.5) is 0 Å². The SMILES string of the molecule is C#Cc1c(/C=N\O)n(S(=O)(=O)c2ccccc2)c2ccccc12. The molecule has 0 radical (unpaired) electrons. The number of aromatic nitrogens is 1. The molecule has 1 heterocycles. The van der Waals surface area contributed by atoms with Crippen LogP contribution < -0.4 is 0 Å². The summed E-state index contributed by atoms with van der Waals surface area (Å²) >= 11 is 0. The van der Waals surface area contributed by atoms with Crippen LogP contribution in [0.3, 0.4) is 0 Å². The predicted molar refractivity (Wildman–Crippen MR) is 88.3 cm³/mol. The molecule has 0 saturated heterocycles. The van der Waals surface area contributed by atoms with Crippen LogP contribution in [-0.4, -0.2) is 23.8 Å². The molecule has 1 aromatic heterocycles. The molecule has 0 spiro atoms. The molecule has 0 aliphatic rings. The molecule has 0 bridgehead atoms. The van der Waals surface area contributed by atoms with Crippen LogP contribution in [0.2, 0.25) is 0 Å². The molecule has 0 amide bonds. The van der Waals surface area contributed by atoms with Crippen molar-refractivity contribution in [1.29, 1.82) is 0 Å². The molecular formula is C17H12N2O3S. The third-order valence-corrected chi connectivity index (χ3v) is 5.21. The Balaban J connectivity index is 2.47. The smallest absolute Gasteiger partial charge is 0.268 e. The maximum Gasteiger partial charge on any atom is 0.268 e. The first-order chi connectivity index (χ1) is 11.1. The second-order valence-corrected chi connectivity index (χ2v) is 6.54. The van der Waals surface area contributed by atoms with E-state index in [1.54, 1.807) is 42.5 Å². The monoisotopic (exact) mass is 324 g/mol. The van der Waals surface area contributed by atoms with Crippen molar-refractivity contribution in [2.24, 2.45) is 5.16 Å². The molecule has 0 aliphatic carbocycles. The number of hydrogen-bond donors (Lipinski definition) is 1. The van der Waals surface area contributed by atoms with Crippen LogP contribution in [0.5, 0.6) is 0 Å². The molecule has 2 aromatic carbocycles. The summed E-state index contributed by atoms with van der Waals surface area (Å²) in [5.41, 5.74) is 0.928. The Morgan fingerprint density at radius 2 is 1.74 bits per heavy atom. The summed E-state index contributed by atoms with van der Waals surface area (Å²) in [4.78, 5) is 0.122. The number of para-hydroxylation sites is 1. The van der Waals surface area contributed by atoms with Crippen LogP contribution in [0, 0.1) is 12.3 Å². The lowest BCUT2D eigenvalue weighted by Gasteiger charge is -2.09. The largest absolute Gasteiger partial charge is 0.411 e. The van der Waals surface area contributed by atoms with Gasteiger partial charge in [-0.15, -0.1) is 6.42 Å². The Morgan fingerprint density at radius 3 is 2.39 bits per heavy atom. The average Bonchev–Trinajstić information content (AvgIpc) is 2.89. The van der Waals surface area contributed by atoms with Gasteiger partial charge in [0.25, 0.3) is 10.0 Å². The quantitative estimate of drug-likeness (QED) is 0.348.